The maximum atomic E-state index is 12.5. The molecular weight excluding hydrogens is 274 g/mol. The lowest BCUT2D eigenvalue weighted by molar-refractivity contribution is -0.385. The van der Waals surface area contributed by atoms with E-state index in [0.29, 0.717) is 31.3 Å². The molecule has 0 aromatic heterocycles. The second-order valence-electron chi connectivity index (χ2n) is 5.10. The summed E-state index contributed by atoms with van der Waals surface area (Å²) in [5.74, 6) is 0.00268. The van der Waals surface area contributed by atoms with Crippen LogP contribution < -0.4 is 5.32 Å². The van der Waals surface area contributed by atoms with Gasteiger partial charge in [-0.15, -0.1) is 0 Å². The van der Waals surface area contributed by atoms with E-state index in [1.807, 2.05) is 0 Å². The summed E-state index contributed by atoms with van der Waals surface area (Å²) in [5.41, 5.74) is 0.649. The molecule has 1 fully saturated rings. The van der Waals surface area contributed by atoms with Gasteiger partial charge in [0.25, 0.3) is 11.6 Å². The lowest BCUT2D eigenvalue weighted by atomic mass is 10.1. The number of hydrogen-bond donors (Lipinski definition) is 1. The van der Waals surface area contributed by atoms with Crippen LogP contribution in [0.3, 0.4) is 0 Å². The third-order valence-corrected chi connectivity index (χ3v) is 3.69. The summed E-state index contributed by atoms with van der Waals surface area (Å²) in [6.45, 7) is 1.78. The summed E-state index contributed by atoms with van der Waals surface area (Å²) >= 11 is 0. The number of rotatable bonds is 5. The highest BCUT2D eigenvalue weighted by molar-refractivity contribution is 5.99. The Morgan fingerprint density at radius 3 is 2.95 bits per heavy atom. The Hall–Kier alpha value is -2.15. The molecule has 2 rings (SSSR count). The number of methoxy groups -OCH3 is 1. The highest BCUT2D eigenvalue weighted by Crippen LogP contribution is 2.26. The number of nitro groups is 1. The topological polar surface area (TPSA) is 84.7 Å². The Morgan fingerprint density at radius 1 is 1.57 bits per heavy atom. The predicted molar refractivity (Wildman–Crippen MR) is 78.5 cm³/mol. The van der Waals surface area contributed by atoms with E-state index in [4.69, 9.17) is 4.74 Å². The molecule has 1 saturated heterocycles. The Morgan fingerprint density at radius 2 is 2.33 bits per heavy atom. The SMILES string of the molecule is CNc1ccc([N+](=O)[O-])c(C(=O)N2CCC(COC)C2)c1. The van der Waals surface area contributed by atoms with Gasteiger partial charge in [0.15, 0.2) is 0 Å². The number of nitrogens with one attached hydrogen (secondary N) is 1. The molecular formula is C14H19N3O4. The van der Waals surface area contributed by atoms with Gasteiger partial charge in [-0.25, -0.2) is 0 Å². The van der Waals surface area contributed by atoms with E-state index >= 15 is 0 Å². The molecule has 0 bridgehead atoms. The monoisotopic (exact) mass is 293 g/mol. The second kappa shape index (κ2) is 6.53. The molecule has 21 heavy (non-hydrogen) atoms. The van der Waals surface area contributed by atoms with Crippen molar-refractivity contribution in [2.45, 2.75) is 6.42 Å². The van der Waals surface area contributed by atoms with Crippen LogP contribution >= 0.6 is 0 Å². The number of ether oxygens (including phenoxy) is 1. The first kappa shape index (κ1) is 15.2. The third-order valence-electron chi connectivity index (χ3n) is 3.69. The molecule has 7 nitrogen and oxygen atoms in total. The molecule has 1 heterocycles. The first-order chi connectivity index (χ1) is 10.1. The fourth-order valence-electron chi connectivity index (χ4n) is 2.58. The number of nitro benzene ring substituents is 1. The molecule has 114 valence electrons. The van der Waals surface area contributed by atoms with E-state index in [0.717, 1.165) is 6.42 Å². The number of benzene rings is 1. The quantitative estimate of drug-likeness (QED) is 0.660. The summed E-state index contributed by atoms with van der Waals surface area (Å²) in [5, 5.41) is 14.0. The van der Waals surface area contributed by atoms with Gasteiger partial charge in [-0.3, -0.25) is 14.9 Å². The fraction of sp³-hybridized carbons (Fsp3) is 0.500. The number of anilines is 1. The number of carbonyl (C=O) groups excluding carboxylic acids is 1. The van der Waals surface area contributed by atoms with Gasteiger partial charge in [0, 0.05) is 44.9 Å². The van der Waals surface area contributed by atoms with Crippen LogP contribution in [-0.2, 0) is 4.74 Å². The van der Waals surface area contributed by atoms with Gasteiger partial charge in [-0.1, -0.05) is 0 Å². The van der Waals surface area contributed by atoms with Crippen LogP contribution in [0.15, 0.2) is 18.2 Å². The van der Waals surface area contributed by atoms with E-state index in [-0.39, 0.29) is 17.2 Å². The van der Waals surface area contributed by atoms with E-state index < -0.39 is 4.92 Å². The molecule has 7 heteroatoms. The number of likely N-dealkylation sites (tertiary alicyclic amines) is 1. The minimum Gasteiger partial charge on any atom is -0.388 e. The number of nitrogens with zero attached hydrogens (tertiary/aromatic N) is 2. The van der Waals surface area contributed by atoms with Gasteiger partial charge in [0.2, 0.25) is 0 Å². The third kappa shape index (κ3) is 3.30. The number of amides is 1. The maximum Gasteiger partial charge on any atom is 0.282 e. The van der Waals surface area contributed by atoms with Crippen LogP contribution in [-0.4, -0.2) is 49.6 Å². The van der Waals surface area contributed by atoms with Gasteiger partial charge in [-0.2, -0.15) is 0 Å². The maximum absolute atomic E-state index is 12.5. The highest BCUT2D eigenvalue weighted by Gasteiger charge is 2.30. The van der Waals surface area contributed by atoms with Gasteiger partial charge < -0.3 is 15.0 Å². The molecule has 1 aromatic rings. The molecule has 1 atom stereocenters. The zero-order chi connectivity index (χ0) is 15.4. The van der Waals surface area contributed by atoms with Crippen molar-refractivity contribution in [3.05, 3.63) is 33.9 Å². The van der Waals surface area contributed by atoms with Crippen molar-refractivity contribution >= 4 is 17.3 Å². The first-order valence-corrected chi connectivity index (χ1v) is 6.81. The predicted octanol–water partition coefficient (Wildman–Crippen LogP) is 1.74. The van der Waals surface area contributed by atoms with Crippen molar-refractivity contribution in [3.63, 3.8) is 0 Å². The van der Waals surface area contributed by atoms with Gasteiger partial charge in [0.1, 0.15) is 5.56 Å². The molecule has 0 radical (unpaired) electrons. The molecule has 0 spiro atoms. The van der Waals surface area contributed by atoms with Crippen LogP contribution in [0.1, 0.15) is 16.8 Å². The normalized spacial score (nSPS) is 17.8. The van der Waals surface area contributed by atoms with Gasteiger partial charge >= 0.3 is 0 Å². The zero-order valence-corrected chi connectivity index (χ0v) is 12.2. The van der Waals surface area contributed by atoms with Crippen LogP contribution in [0.4, 0.5) is 11.4 Å². The number of hydrogen-bond acceptors (Lipinski definition) is 5. The average Bonchev–Trinajstić information content (AvgIpc) is 2.94. The lowest BCUT2D eigenvalue weighted by Crippen LogP contribution is -2.29. The molecule has 1 N–H and O–H groups in total. The second-order valence-corrected chi connectivity index (χ2v) is 5.10. The average molecular weight is 293 g/mol. The summed E-state index contributed by atoms with van der Waals surface area (Å²) in [4.78, 5) is 24.8. The van der Waals surface area contributed by atoms with E-state index in [1.54, 1.807) is 25.1 Å². The first-order valence-electron chi connectivity index (χ1n) is 6.81. The molecule has 1 amide bonds. The molecule has 1 aliphatic heterocycles. The summed E-state index contributed by atoms with van der Waals surface area (Å²) in [6, 6.07) is 4.48. The Bertz CT molecular complexity index is 547. The summed E-state index contributed by atoms with van der Waals surface area (Å²) < 4.78 is 5.10. The van der Waals surface area contributed by atoms with Crippen molar-refractivity contribution in [1.82, 2.24) is 4.90 Å². The van der Waals surface area contributed by atoms with Crippen molar-refractivity contribution < 1.29 is 14.5 Å². The molecule has 1 unspecified atom stereocenters. The van der Waals surface area contributed by atoms with E-state index in [2.05, 4.69) is 5.32 Å². The molecule has 1 aromatic carbocycles. The van der Waals surface area contributed by atoms with Crippen molar-refractivity contribution in [3.8, 4) is 0 Å². The van der Waals surface area contributed by atoms with Gasteiger partial charge in [-0.05, 0) is 18.6 Å². The Labute approximate surface area is 123 Å². The standard InChI is InChI=1S/C14H19N3O4/c1-15-11-3-4-13(17(19)20)12(7-11)14(18)16-6-5-10(8-16)9-21-2/h3-4,7,10,15H,5-6,8-9H2,1-2H3. The van der Waals surface area contributed by atoms with Crippen LogP contribution in [0.5, 0.6) is 0 Å². The molecule has 1 aliphatic rings. The summed E-state index contributed by atoms with van der Waals surface area (Å²) in [7, 11) is 3.34. The molecule has 0 saturated carbocycles. The summed E-state index contributed by atoms with van der Waals surface area (Å²) in [6.07, 6.45) is 0.860. The lowest BCUT2D eigenvalue weighted by Gasteiger charge is -2.17. The van der Waals surface area contributed by atoms with Crippen molar-refractivity contribution in [1.29, 1.82) is 0 Å². The van der Waals surface area contributed by atoms with E-state index in [9.17, 15) is 14.9 Å². The van der Waals surface area contributed by atoms with Crippen LogP contribution in [0.2, 0.25) is 0 Å². The molecule has 0 aliphatic carbocycles. The smallest absolute Gasteiger partial charge is 0.282 e. The zero-order valence-electron chi connectivity index (χ0n) is 12.2. The Kier molecular flexibility index (Phi) is 4.74. The fourth-order valence-corrected chi connectivity index (χ4v) is 2.58. The van der Waals surface area contributed by atoms with Crippen LogP contribution in [0, 0.1) is 16.0 Å². The van der Waals surface area contributed by atoms with Crippen molar-refractivity contribution in [2.75, 3.05) is 39.2 Å². The number of carbonyl (C=O) groups is 1. The largest absolute Gasteiger partial charge is 0.388 e. The Balaban J connectivity index is 2.24. The van der Waals surface area contributed by atoms with Gasteiger partial charge in [0.05, 0.1) is 11.5 Å². The van der Waals surface area contributed by atoms with Crippen LogP contribution in [0.25, 0.3) is 0 Å². The minimum absolute atomic E-state index is 0.130. The van der Waals surface area contributed by atoms with E-state index in [1.165, 1.54) is 12.1 Å². The minimum atomic E-state index is -0.518. The van der Waals surface area contributed by atoms with Crippen molar-refractivity contribution in [2.24, 2.45) is 5.92 Å². The highest BCUT2D eigenvalue weighted by atomic mass is 16.6.